The first-order valence-corrected chi connectivity index (χ1v) is 23.9. The molecule has 0 radical (unpaired) electrons. The van der Waals surface area contributed by atoms with E-state index in [4.69, 9.17) is 9.47 Å². The Hall–Kier alpha value is -6.08. The summed E-state index contributed by atoms with van der Waals surface area (Å²) in [4.78, 5) is 80.9. The van der Waals surface area contributed by atoms with Gasteiger partial charge >= 0.3 is 11.9 Å². The lowest BCUT2D eigenvalue weighted by molar-refractivity contribution is -0.165. The normalized spacial score (nSPS) is 25.2. The first-order chi connectivity index (χ1) is 31.9. The number of fused-ring (bicyclic) bond motifs is 2. The second kappa shape index (κ2) is 20.6. The van der Waals surface area contributed by atoms with Crippen molar-refractivity contribution in [1.29, 1.82) is 0 Å². The van der Waals surface area contributed by atoms with Crippen LogP contribution in [0.2, 0.25) is 0 Å². The van der Waals surface area contributed by atoms with E-state index in [9.17, 15) is 39.0 Å². The van der Waals surface area contributed by atoms with Gasteiger partial charge in [-0.1, -0.05) is 111 Å². The number of hydrogen-bond acceptors (Lipinski definition) is 12. The van der Waals surface area contributed by atoms with E-state index in [0.29, 0.717) is 34.1 Å². The maximum absolute atomic E-state index is 13.9. The molecule has 4 aliphatic rings. The number of amides is 4. The second-order valence-electron chi connectivity index (χ2n) is 16.8. The first kappa shape index (κ1) is 46.4. The van der Waals surface area contributed by atoms with Crippen LogP contribution in [-0.4, -0.2) is 115 Å². The largest absolute Gasteiger partial charge is 0.490 e. The Morgan fingerprint density at radius 3 is 1.33 bits per heavy atom. The van der Waals surface area contributed by atoms with Gasteiger partial charge in [-0.2, -0.15) is 0 Å². The maximum atomic E-state index is 13.9. The number of carbonyl (C=O) groups is 6. The third kappa shape index (κ3) is 9.72. The molecule has 18 heteroatoms. The molecule has 0 aromatic heterocycles. The quantitative estimate of drug-likeness (QED) is 0.0584. The van der Waals surface area contributed by atoms with Crippen LogP contribution in [0, 0.1) is 11.8 Å². The lowest BCUT2D eigenvalue weighted by Crippen LogP contribution is -2.75. The molecule has 0 spiro atoms. The Labute approximate surface area is 390 Å². The number of thioether (sulfide) groups is 2. The molecule has 4 aromatic rings. The number of ether oxygens (including phenoxy) is 2. The zero-order valence-corrected chi connectivity index (χ0v) is 37.9. The Balaban J connectivity index is 0.865. The molecule has 4 aromatic carbocycles. The van der Waals surface area contributed by atoms with Crippen molar-refractivity contribution in [3.63, 3.8) is 0 Å². The summed E-state index contributed by atoms with van der Waals surface area (Å²) in [5.41, 5.74) is 2.94. The third-order valence-electron chi connectivity index (χ3n) is 12.3. The average molecular weight is 937 g/mol. The van der Waals surface area contributed by atoms with Crippen LogP contribution in [0.15, 0.2) is 109 Å². The van der Waals surface area contributed by atoms with Crippen LogP contribution < -0.4 is 30.7 Å². The van der Waals surface area contributed by atoms with Crippen molar-refractivity contribution in [2.24, 2.45) is 11.8 Å². The number of aliphatic carboxylic acids is 2. The molecular formula is C48H52N6O10S2. The van der Waals surface area contributed by atoms with E-state index in [2.05, 4.69) is 21.3 Å². The number of rotatable bonds is 19. The maximum Gasteiger partial charge on any atom is 0.326 e. The summed E-state index contributed by atoms with van der Waals surface area (Å²) in [7, 11) is 0. The number of carbonyl (C=O) groups excluding carboxylic acids is 4. The van der Waals surface area contributed by atoms with Gasteiger partial charge in [-0.05, 0) is 35.1 Å². The molecule has 16 nitrogen and oxygen atoms in total. The molecule has 4 fully saturated rings. The van der Waals surface area contributed by atoms with E-state index in [1.165, 1.54) is 33.3 Å². The number of carboxylic acids is 2. The van der Waals surface area contributed by atoms with Crippen LogP contribution in [0.25, 0.3) is 0 Å². The molecule has 4 saturated heterocycles. The van der Waals surface area contributed by atoms with Crippen LogP contribution in [0.5, 0.6) is 11.5 Å². The molecule has 8 rings (SSSR count). The van der Waals surface area contributed by atoms with Crippen molar-refractivity contribution < 1.29 is 48.5 Å². The van der Waals surface area contributed by atoms with Crippen LogP contribution in [0.1, 0.15) is 48.2 Å². The predicted octanol–water partition coefficient (Wildman–Crippen LogP) is 3.78. The van der Waals surface area contributed by atoms with Crippen molar-refractivity contribution in [1.82, 2.24) is 31.1 Å². The minimum atomic E-state index is -1.05. The zero-order chi connectivity index (χ0) is 46.5. The van der Waals surface area contributed by atoms with E-state index in [1.54, 1.807) is 0 Å². The Bertz CT molecular complexity index is 2270. The molecule has 4 aliphatic heterocycles. The fourth-order valence-electron chi connectivity index (χ4n) is 8.94. The van der Waals surface area contributed by atoms with E-state index in [0.717, 1.165) is 11.1 Å². The van der Waals surface area contributed by atoms with E-state index in [-0.39, 0.29) is 38.1 Å². The van der Waals surface area contributed by atoms with Crippen LogP contribution in [-0.2, 0) is 41.9 Å². The number of hydrogen-bond donors (Lipinski definition) is 6. The fraction of sp³-hybridized carbons (Fsp3) is 0.375. The van der Waals surface area contributed by atoms with E-state index < -0.39 is 82.6 Å². The van der Waals surface area contributed by atoms with Crippen molar-refractivity contribution in [3.05, 3.63) is 131 Å². The number of para-hydroxylation sites is 2. The van der Waals surface area contributed by atoms with Crippen LogP contribution in [0.4, 0.5) is 0 Å². The van der Waals surface area contributed by atoms with Gasteiger partial charge in [0.2, 0.25) is 23.6 Å². The number of carboxylic acid groups (broad SMARTS) is 2. The topological polar surface area (TPSA) is 216 Å². The molecule has 6 unspecified atom stereocenters. The van der Waals surface area contributed by atoms with Gasteiger partial charge in [0, 0.05) is 35.7 Å². The molecule has 4 heterocycles. The summed E-state index contributed by atoms with van der Waals surface area (Å²) in [5, 5.41) is 31.2. The van der Waals surface area contributed by atoms with Gasteiger partial charge in [-0.3, -0.25) is 29.8 Å². The summed E-state index contributed by atoms with van der Waals surface area (Å²) in [6.45, 7) is 4.46. The molecule has 346 valence electrons. The standard InChI is InChI=1S/C48H52N6O10S2/c1-27-25-65-45-37(43(57)53(45)39(27)47(59)60)51-41(55)35(29-13-5-3-6-14-29)49-23-31-17-9-11-19-33(31)63-21-22-64-34-20-12-10-18-32(34)24-50-36(30-15-7-4-8-16-30)42(56)52-38-44(58)54-40(48(61)62)28(2)26-66-46(38)54/h3-20,27-28,35-40,45-46,49-50H,21-26H2,1-2H3,(H,51,55)(H,52,56)(H,59,60)(H,61,62)/t27?,28?,35-,36-,37+,38+,39?,40?,45?,46?/m1/s1. The number of β-lactam (4-membered cyclic amide) rings is 2. The minimum absolute atomic E-state index is 0.179. The van der Waals surface area contributed by atoms with Gasteiger partial charge in [0.25, 0.3) is 0 Å². The molecule has 4 amide bonds. The Morgan fingerprint density at radius 1 is 0.591 bits per heavy atom. The van der Waals surface area contributed by atoms with Crippen LogP contribution in [0.3, 0.4) is 0 Å². The van der Waals surface area contributed by atoms with Gasteiger partial charge in [0.15, 0.2) is 0 Å². The fourth-order valence-corrected chi connectivity index (χ4v) is 11.8. The second-order valence-corrected chi connectivity index (χ2v) is 19.1. The lowest BCUT2D eigenvalue weighted by Gasteiger charge is -2.53. The third-order valence-corrected chi connectivity index (χ3v) is 15.4. The van der Waals surface area contributed by atoms with Gasteiger partial charge < -0.3 is 40.1 Å². The van der Waals surface area contributed by atoms with Crippen molar-refractivity contribution in [3.8, 4) is 11.5 Å². The van der Waals surface area contributed by atoms with Crippen LogP contribution >= 0.6 is 23.5 Å². The smallest absolute Gasteiger partial charge is 0.326 e. The van der Waals surface area contributed by atoms with Crippen molar-refractivity contribution in [2.75, 3.05) is 24.7 Å². The van der Waals surface area contributed by atoms with Crippen molar-refractivity contribution in [2.45, 2.75) is 73.9 Å². The predicted molar refractivity (Wildman–Crippen MR) is 247 cm³/mol. The number of nitrogens with zero attached hydrogens (tertiary/aromatic N) is 2. The number of benzene rings is 4. The SMILES string of the molecule is CC1CSC2[C@@H](NC(=O)[C@H](NCc3ccccc3OCCOc3ccccc3CN[C@@H](C(=O)N[C@H]3C(=O)N4C(C(=O)O)C(C)CSC34)c3ccccc3)c3ccccc3)C(=O)N2C1C(=O)O. The summed E-state index contributed by atoms with van der Waals surface area (Å²) in [6, 6.07) is 28.0. The molecule has 6 N–H and O–H groups in total. The molecule has 66 heavy (non-hydrogen) atoms. The molecular weight excluding hydrogens is 885 g/mol. The monoisotopic (exact) mass is 936 g/mol. The van der Waals surface area contributed by atoms with Gasteiger partial charge in [-0.15, -0.1) is 23.5 Å². The van der Waals surface area contributed by atoms with Crippen molar-refractivity contribution >= 4 is 59.1 Å². The highest BCUT2D eigenvalue weighted by molar-refractivity contribution is 8.00. The van der Waals surface area contributed by atoms with Gasteiger partial charge in [0.1, 0.15) is 71.7 Å². The van der Waals surface area contributed by atoms with Gasteiger partial charge in [-0.25, -0.2) is 9.59 Å². The molecule has 0 aliphatic carbocycles. The summed E-state index contributed by atoms with van der Waals surface area (Å²) in [5.74, 6) is -1.87. The van der Waals surface area contributed by atoms with Gasteiger partial charge in [0.05, 0.1) is 0 Å². The highest BCUT2D eigenvalue weighted by Crippen LogP contribution is 2.42. The van der Waals surface area contributed by atoms with E-state index >= 15 is 0 Å². The number of nitrogens with one attached hydrogen (secondary N) is 4. The summed E-state index contributed by atoms with van der Waals surface area (Å²) >= 11 is 2.95. The summed E-state index contributed by atoms with van der Waals surface area (Å²) in [6.07, 6.45) is 0. The average Bonchev–Trinajstić information content (AvgIpc) is 3.32. The Kier molecular flexibility index (Phi) is 14.5. The summed E-state index contributed by atoms with van der Waals surface area (Å²) < 4.78 is 12.4. The molecule has 10 atom stereocenters. The Morgan fingerprint density at radius 2 is 0.955 bits per heavy atom. The molecule has 0 bridgehead atoms. The highest BCUT2D eigenvalue weighted by Gasteiger charge is 2.58. The minimum Gasteiger partial charge on any atom is -0.490 e. The molecule has 0 saturated carbocycles. The zero-order valence-electron chi connectivity index (χ0n) is 36.3. The van der Waals surface area contributed by atoms with E-state index in [1.807, 2.05) is 123 Å². The highest BCUT2D eigenvalue weighted by atomic mass is 32.2. The first-order valence-electron chi connectivity index (χ1n) is 21.8. The lowest BCUT2D eigenvalue weighted by atomic mass is 9.94.